The number of ether oxygens (including phenoxy) is 2. The first-order valence-electron chi connectivity index (χ1n) is 9.48. The molecule has 6 nitrogen and oxygen atoms in total. The molecule has 0 aromatic heterocycles. The Hall–Kier alpha value is -3.38. The molecule has 0 aliphatic carbocycles. The summed E-state index contributed by atoms with van der Waals surface area (Å²) in [4.78, 5) is 27.6. The van der Waals surface area contributed by atoms with Crippen molar-refractivity contribution in [3.8, 4) is 5.75 Å². The Kier molecular flexibility index (Phi) is 5.44. The monoisotopic (exact) mass is 391 g/mol. The normalized spacial score (nSPS) is 15.1. The van der Waals surface area contributed by atoms with Crippen molar-refractivity contribution in [2.24, 2.45) is 0 Å². The van der Waals surface area contributed by atoms with Crippen LogP contribution >= 0.6 is 0 Å². The standard InChI is InChI=1S/C23H21NO5/c25-20-15-18-9-5-4-8-17(18)14-19(20)23(27)29-21(16-6-2-1-3-7-16)22(26)24-10-12-28-13-11-24/h1-9,14-15,21,25H,10-13H2/t21-/m0/s1. The second-order valence-electron chi connectivity index (χ2n) is 6.85. The Morgan fingerprint density at radius 2 is 1.55 bits per heavy atom. The largest absolute Gasteiger partial charge is 0.507 e. The molecule has 6 heteroatoms. The first kappa shape index (κ1) is 19.0. The molecule has 3 aromatic carbocycles. The number of benzene rings is 3. The van der Waals surface area contributed by atoms with Crippen molar-refractivity contribution in [3.63, 3.8) is 0 Å². The van der Waals surface area contributed by atoms with E-state index in [1.54, 1.807) is 35.2 Å². The maximum atomic E-state index is 13.1. The number of phenolic OH excluding ortho intramolecular Hbond substituents is 1. The summed E-state index contributed by atoms with van der Waals surface area (Å²) in [6.07, 6.45) is -1.09. The lowest BCUT2D eigenvalue weighted by Crippen LogP contribution is -2.44. The van der Waals surface area contributed by atoms with Crippen LogP contribution in [0, 0.1) is 0 Å². The van der Waals surface area contributed by atoms with E-state index in [4.69, 9.17) is 9.47 Å². The zero-order valence-electron chi connectivity index (χ0n) is 15.8. The third-order valence-electron chi connectivity index (χ3n) is 4.96. The van der Waals surface area contributed by atoms with Crippen molar-refractivity contribution in [3.05, 3.63) is 77.9 Å². The number of rotatable bonds is 4. The van der Waals surface area contributed by atoms with Gasteiger partial charge < -0.3 is 19.5 Å². The number of nitrogens with zero attached hydrogens (tertiary/aromatic N) is 1. The molecule has 4 rings (SSSR count). The summed E-state index contributed by atoms with van der Waals surface area (Å²) in [5.74, 6) is -1.23. The maximum Gasteiger partial charge on any atom is 0.343 e. The molecule has 1 aliphatic rings. The molecular weight excluding hydrogens is 370 g/mol. The van der Waals surface area contributed by atoms with Crippen LogP contribution < -0.4 is 0 Å². The molecule has 1 atom stereocenters. The van der Waals surface area contributed by atoms with E-state index in [1.165, 1.54) is 6.07 Å². The van der Waals surface area contributed by atoms with Gasteiger partial charge in [-0.15, -0.1) is 0 Å². The minimum absolute atomic E-state index is 0.0272. The molecule has 3 aromatic rings. The van der Waals surface area contributed by atoms with Crippen LogP contribution in [-0.2, 0) is 14.3 Å². The average molecular weight is 391 g/mol. The van der Waals surface area contributed by atoms with Crippen LogP contribution in [0.4, 0.5) is 0 Å². The second-order valence-corrected chi connectivity index (χ2v) is 6.85. The van der Waals surface area contributed by atoms with Gasteiger partial charge in [0.1, 0.15) is 11.3 Å². The first-order valence-corrected chi connectivity index (χ1v) is 9.48. The van der Waals surface area contributed by atoms with Gasteiger partial charge in [-0.05, 0) is 22.9 Å². The predicted molar refractivity (Wildman–Crippen MR) is 108 cm³/mol. The van der Waals surface area contributed by atoms with Gasteiger partial charge in [0.15, 0.2) is 0 Å². The minimum atomic E-state index is -1.09. The van der Waals surface area contributed by atoms with Gasteiger partial charge >= 0.3 is 5.97 Å². The van der Waals surface area contributed by atoms with Crippen molar-refractivity contribution in [2.75, 3.05) is 26.3 Å². The number of esters is 1. The van der Waals surface area contributed by atoms with E-state index in [0.29, 0.717) is 31.9 Å². The van der Waals surface area contributed by atoms with Gasteiger partial charge in [0.25, 0.3) is 5.91 Å². The van der Waals surface area contributed by atoms with Crippen molar-refractivity contribution in [1.82, 2.24) is 4.90 Å². The highest BCUT2D eigenvalue weighted by Gasteiger charge is 2.31. The van der Waals surface area contributed by atoms with Gasteiger partial charge in [0.2, 0.25) is 6.10 Å². The van der Waals surface area contributed by atoms with Gasteiger partial charge in [0.05, 0.1) is 13.2 Å². The van der Waals surface area contributed by atoms with Crippen LogP contribution in [0.15, 0.2) is 66.7 Å². The van der Waals surface area contributed by atoms with E-state index in [-0.39, 0.29) is 17.2 Å². The van der Waals surface area contributed by atoms with Crippen LogP contribution in [0.5, 0.6) is 5.75 Å². The fourth-order valence-corrected chi connectivity index (χ4v) is 3.40. The van der Waals surface area contributed by atoms with Gasteiger partial charge in [-0.3, -0.25) is 4.79 Å². The lowest BCUT2D eigenvalue weighted by molar-refractivity contribution is -0.145. The van der Waals surface area contributed by atoms with Gasteiger partial charge in [0, 0.05) is 18.7 Å². The minimum Gasteiger partial charge on any atom is -0.507 e. The van der Waals surface area contributed by atoms with Gasteiger partial charge in [-0.2, -0.15) is 0 Å². The number of morpholine rings is 1. The fourth-order valence-electron chi connectivity index (χ4n) is 3.40. The average Bonchev–Trinajstić information content (AvgIpc) is 2.77. The molecule has 0 unspecified atom stereocenters. The zero-order chi connectivity index (χ0) is 20.2. The van der Waals surface area contributed by atoms with Crippen molar-refractivity contribution >= 4 is 22.6 Å². The van der Waals surface area contributed by atoms with Crippen molar-refractivity contribution in [2.45, 2.75) is 6.10 Å². The summed E-state index contributed by atoms with van der Waals surface area (Å²) in [6, 6.07) is 19.4. The predicted octanol–water partition coefficient (Wildman–Crippen LogP) is 3.30. The summed E-state index contributed by atoms with van der Waals surface area (Å²) in [5.41, 5.74) is 0.608. The molecule has 29 heavy (non-hydrogen) atoms. The number of hydrogen-bond donors (Lipinski definition) is 1. The van der Waals surface area contributed by atoms with Gasteiger partial charge in [-0.1, -0.05) is 54.6 Å². The quantitative estimate of drug-likeness (QED) is 0.691. The second kappa shape index (κ2) is 8.32. The Labute approximate surface area is 168 Å². The molecule has 0 saturated carbocycles. The summed E-state index contributed by atoms with van der Waals surface area (Å²) in [5, 5.41) is 11.9. The smallest absolute Gasteiger partial charge is 0.343 e. The van der Waals surface area contributed by atoms with E-state index in [0.717, 1.165) is 10.8 Å². The number of amides is 1. The van der Waals surface area contributed by atoms with Crippen LogP contribution in [-0.4, -0.2) is 48.2 Å². The van der Waals surface area contributed by atoms with Crippen LogP contribution in [0.25, 0.3) is 10.8 Å². The molecule has 0 radical (unpaired) electrons. The number of phenols is 1. The Bertz CT molecular complexity index is 1030. The van der Waals surface area contributed by atoms with E-state index in [9.17, 15) is 14.7 Å². The van der Waals surface area contributed by atoms with Crippen LogP contribution in [0.1, 0.15) is 22.0 Å². The lowest BCUT2D eigenvalue weighted by Gasteiger charge is -2.30. The third-order valence-corrected chi connectivity index (χ3v) is 4.96. The van der Waals surface area contributed by atoms with E-state index in [1.807, 2.05) is 30.3 Å². The number of carbonyl (C=O) groups is 2. The summed E-state index contributed by atoms with van der Waals surface area (Å²) < 4.78 is 10.9. The molecule has 1 heterocycles. The Balaban J connectivity index is 1.64. The number of fused-ring (bicyclic) bond motifs is 1. The number of aromatic hydroxyl groups is 1. The SMILES string of the molecule is O=C(O[C@H](C(=O)N1CCOCC1)c1ccccc1)c1cc2ccccc2cc1O. The topological polar surface area (TPSA) is 76.1 Å². The highest BCUT2D eigenvalue weighted by Crippen LogP contribution is 2.28. The van der Waals surface area contributed by atoms with E-state index < -0.39 is 12.1 Å². The number of hydrogen-bond acceptors (Lipinski definition) is 5. The highest BCUT2D eigenvalue weighted by molar-refractivity contribution is 5.99. The van der Waals surface area contributed by atoms with Crippen molar-refractivity contribution < 1.29 is 24.2 Å². The highest BCUT2D eigenvalue weighted by atomic mass is 16.5. The summed E-state index contributed by atoms with van der Waals surface area (Å²) in [6.45, 7) is 1.79. The number of carbonyl (C=O) groups excluding carboxylic acids is 2. The molecule has 1 fully saturated rings. The summed E-state index contributed by atoms with van der Waals surface area (Å²) in [7, 11) is 0. The van der Waals surface area contributed by atoms with E-state index >= 15 is 0 Å². The third kappa shape index (κ3) is 4.07. The molecule has 1 amide bonds. The summed E-state index contributed by atoms with van der Waals surface area (Å²) >= 11 is 0. The van der Waals surface area contributed by atoms with E-state index in [2.05, 4.69) is 0 Å². The molecule has 1 saturated heterocycles. The van der Waals surface area contributed by atoms with Crippen LogP contribution in [0.3, 0.4) is 0 Å². The Morgan fingerprint density at radius 3 is 2.24 bits per heavy atom. The Morgan fingerprint density at radius 1 is 0.931 bits per heavy atom. The zero-order valence-corrected chi connectivity index (χ0v) is 15.8. The van der Waals surface area contributed by atoms with Crippen molar-refractivity contribution in [1.29, 1.82) is 0 Å². The molecular formula is C23H21NO5. The van der Waals surface area contributed by atoms with Crippen LogP contribution in [0.2, 0.25) is 0 Å². The maximum absolute atomic E-state index is 13.1. The molecule has 1 N–H and O–H groups in total. The molecule has 1 aliphatic heterocycles. The first-order chi connectivity index (χ1) is 14.1. The molecule has 0 bridgehead atoms. The molecule has 148 valence electrons. The molecule has 0 spiro atoms. The lowest BCUT2D eigenvalue weighted by atomic mass is 10.1. The fraction of sp³-hybridized carbons (Fsp3) is 0.217. The van der Waals surface area contributed by atoms with Gasteiger partial charge in [-0.25, -0.2) is 4.79 Å².